The van der Waals surface area contributed by atoms with E-state index >= 15 is 0 Å². The zero-order valence-corrected chi connectivity index (χ0v) is 12.8. The fourth-order valence-electron chi connectivity index (χ4n) is 2.59. The lowest BCUT2D eigenvalue weighted by atomic mass is 10.1. The van der Waals surface area contributed by atoms with Gasteiger partial charge in [-0.05, 0) is 18.6 Å². The van der Waals surface area contributed by atoms with Gasteiger partial charge in [-0.2, -0.15) is 4.31 Å². The Labute approximate surface area is 125 Å². The van der Waals surface area contributed by atoms with Crippen molar-refractivity contribution in [3.8, 4) is 0 Å². The number of carboxylic acids is 1. The van der Waals surface area contributed by atoms with E-state index in [-0.39, 0.29) is 4.90 Å². The average Bonchev–Trinajstić information content (AvgIpc) is 2.49. The van der Waals surface area contributed by atoms with Crippen LogP contribution in [-0.2, 0) is 14.8 Å². The molecule has 1 aliphatic heterocycles. The lowest BCUT2D eigenvalue weighted by molar-refractivity contribution is -0.143. The SMILES string of the molecule is CCC(C(=O)O)N1CCN(S(=O)(=O)c2ccccc2)CC1. The maximum Gasteiger partial charge on any atom is 0.320 e. The molecule has 116 valence electrons. The largest absolute Gasteiger partial charge is 0.480 e. The summed E-state index contributed by atoms with van der Waals surface area (Å²) in [6.45, 7) is 3.35. The first-order valence-corrected chi connectivity index (χ1v) is 8.43. The van der Waals surface area contributed by atoms with Crippen LogP contribution >= 0.6 is 0 Å². The first kappa shape index (κ1) is 15.9. The van der Waals surface area contributed by atoms with Crippen molar-refractivity contribution in [2.75, 3.05) is 26.2 Å². The van der Waals surface area contributed by atoms with Crippen molar-refractivity contribution in [3.63, 3.8) is 0 Å². The highest BCUT2D eigenvalue weighted by atomic mass is 32.2. The molecule has 0 amide bonds. The van der Waals surface area contributed by atoms with E-state index in [0.29, 0.717) is 32.6 Å². The molecule has 1 aromatic rings. The fourth-order valence-corrected chi connectivity index (χ4v) is 4.03. The average molecular weight is 312 g/mol. The summed E-state index contributed by atoms with van der Waals surface area (Å²) < 4.78 is 26.3. The van der Waals surface area contributed by atoms with Gasteiger partial charge in [0.1, 0.15) is 6.04 Å². The van der Waals surface area contributed by atoms with E-state index in [0.717, 1.165) is 0 Å². The Morgan fingerprint density at radius 1 is 1.19 bits per heavy atom. The predicted molar refractivity (Wildman–Crippen MR) is 78.5 cm³/mol. The molecule has 1 fully saturated rings. The molecule has 6 nitrogen and oxygen atoms in total. The highest BCUT2D eigenvalue weighted by molar-refractivity contribution is 7.89. The minimum atomic E-state index is -3.48. The van der Waals surface area contributed by atoms with Gasteiger partial charge in [0.2, 0.25) is 10.0 Å². The summed E-state index contributed by atoms with van der Waals surface area (Å²) in [7, 11) is -3.48. The second-order valence-corrected chi connectivity index (χ2v) is 6.95. The van der Waals surface area contributed by atoms with Gasteiger partial charge in [0.05, 0.1) is 4.90 Å². The molecule has 7 heteroatoms. The number of carboxylic acid groups (broad SMARTS) is 1. The third kappa shape index (κ3) is 3.42. The quantitative estimate of drug-likeness (QED) is 0.872. The van der Waals surface area contributed by atoms with Crippen molar-refractivity contribution < 1.29 is 18.3 Å². The summed E-state index contributed by atoms with van der Waals surface area (Å²) in [5, 5.41) is 9.16. The Morgan fingerprint density at radius 2 is 1.76 bits per heavy atom. The standard InChI is InChI=1S/C14H20N2O4S/c1-2-13(14(17)18)15-8-10-16(11-9-15)21(19,20)12-6-4-3-5-7-12/h3-7,13H,2,8-11H2,1H3,(H,17,18). The zero-order chi connectivity index (χ0) is 15.5. The molecule has 0 saturated carbocycles. The maximum absolute atomic E-state index is 12.5. The van der Waals surface area contributed by atoms with Crippen molar-refractivity contribution >= 4 is 16.0 Å². The Morgan fingerprint density at radius 3 is 2.24 bits per heavy atom. The van der Waals surface area contributed by atoms with Gasteiger partial charge >= 0.3 is 5.97 Å². The molecular weight excluding hydrogens is 292 g/mol. The van der Waals surface area contributed by atoms with Crippen LogP contribution in [0.4, 0.5) is 0 Å². The molecular formula is C14H20N2O4S. The van der Waals surface area contributed by atoms with Gasteiger partial charge in [0, 0.05) is 26.2 Å². The third-order valence-electron chi connectivity index (χ3n) is 3.77. The molecule has 0 aromatic heterocycles. The number of hydrogen-bond acceptors (Lipinski definition) is 4. The molecule has 2 rings (SSSR count). The zero-order valence-electron chi connectivity index (χ0n) is 12.0. The number of benzene rings is 1. The van der Waals surface area contributed by atoms with Crippen LogP contribution in [0.5, 0.6) is 0 Å². The van der Waals surface area contributed by atoms with Crippen molar-refractivity contribution in [1.29, 1.82) is 0 Å². The third-order valence-corrected chi connectivity index (χ3v) is 5.68. The second-order valence-electron chi connectivity index (χ2n) is 5.02. The molecule has 1 saturated heterocycles. The molecule has 0 bridgehead atoms. The summed E-state index contributed by atoms with van der Waals surface area (Å²) in [5.41, 5.74) is 0. The van der Waals surface area contributed by atoms with Gasteiger partial charge < -0.3 is 5.11 Å². The Hall–Kier alpha value is -1.44. The number of aliphatic carboxylic acids is 1. The van der Waals surface area contributed by atoms with E-state index in [2.05, 4.69) is 0 Å². The molecule has 1 heterocycles. The van der Waals surface area contributed by atoms with Crippen LogP contribution in [0.15, 0.2) is 35.2 Å². The second kappa shape index (κ2) is 6.55. The Bertz CT molecular complexity index is 580. The van der Waals surface area contributed by atoms with E-state index in [1.54, 1.807) is 30.3 Å². The van der Waals surface area contributed by atoms with Crippen LogP contribution in [0.25, 0.3) is 0 Å². The topological polar surface area (TPSA) is 77.9 Å². The van der Waals surface area contributed by atoms with E-state index in [1.807, 2.05) is 11.8 Å². The monoisotopic (exact) mass is 312 g/mol. The minimum Gasteiger partial charge on any atom is -0.480 e. The predicted octanol–water partition coefficient (Wildman–Crippen LogP) is 0.856. The lowest BCUT2D eigenvalue weighted by Crippen LogP contribution is -2.53. The van der Waals surface area contributed by atoms with Gasteiger partial charge in [-0.25, -0.2) is 8.42 Å². The van der Waals surface area contributed by atoms with Crippen LogP contribution in [0.3, 0.4) is 0 Å². The summed E-state index contributed by atoms with van der Waals surface area (Å²) in [5.74, 6) is -0.850. The van der Waals surface area contributed by atoms with Gasteiger partial charge in [0.25, 0.3) is 0 Å². The molecule has 1 N–H and O–H groups in total. The van der Waals surface area contributed by atoms with Crippen LogP contribution in [0.2, 0.25) is 0 Å². The van der Waals surface area contributed by atoms with Crippen LogP contribution in [0, 0.1) is 0 Å². The van der Waals surface area contributed by atoms with Crippen LogP contribution < -0.4 is 0 Å². The summed E-state index contributed by atoms with van der Waals surface area (Å²) in [4.78, 5) is 13.3. The summed E-state index contributed by atoms with van der Waals surface area (Å²) >= 11 is 0. The number of rotatable bonds is 5. The van der Waals surface area contributed by atoms with Crippen molar-refractivity contribution in [3.05, 3.63) is 30.3 Å². The smallest absolute Gasteiger partial charge is 0.320 e. The van der Waals surface area contributed by atoms with Gasteiger partial charge in [-0.3, -0.25) is 9.69 Å². The molecule has 0 spiro atoms. The van der Waals surface area contributed by atoms with Crippen LogP contribution in [0.1, 0.15) is 13.3 Å². The molecule has 1 aromatic carbocycles. The summed E-state index contributed by atoms with van der Waals surface area (Å²) in [6, 6.07) is 7.78. The number of hydrogen-bond donors (Lipinski definition) is 1. The van der Waals surface area contributed by atoms with Crippen molar-refractivity contribution in [2.24, 2.45) is 0 Å². The Kier molecular flexibility index (Phi) is 4.97. The number of carbonyl (C=O) groups is 1. The van der Waals surface area contributed by atoms with E-state index < -0.39 is 22.0 Å². The van der Waals surface area contributed by atoms with Gasteiger partial charge in [-0.15, -0.1) is 0 Å². The van der Waals surface area contributed by atoms with Crippen molar-refractivity contribution in [2.45, 2.75) is 24.3 Å². The Balaban J connectivity index is 2.06. The maximum atomic E-state index is 12.5. The fraction of sp³-hybridized carbons (Fsp3) is 0.500. The first-order valence-electron chi connectivity index (χ1n) is 6.99. The lowest BCUT2D eigenvalue weighted by Gasteiger charge is -2.36. The normalized spacial score (nSPS) is 19.3. The first-order chi connectivity index (χ1) is 9.96. The van der Waals surface area contributed by atoms with E-state index in [1.165, 1.54) is 4.31 Å². The van der Waals surface area contributed by atoms with Crippen molar-refractivity contribution in [1.82, 2.24) is 9.21 Å². The number of sulfonamides is 1. The highest BCUT2D eigenvalue weighted by Crippen LogP contribution is 2.18. The molecule has 1 atom stereocenters. The van der Waals surface area contributed by atoms with Gasteiger partial charge in [0.15, 0.2) is 0 Å². The molecule has 0 aliphatic carbocycles. The van der Waals surface area contributed by atoms with Gasteiger partial charge in [-0.1, -0.05) is 25.1 Å². The molecule has 21 heavy (non-hydrogen) atoms. The number of piperazine rings is 1. The van der Waals surface area contributed by atoms with E-state index in [4.69, 9.17) is 5.11 Å². The molecule has 1 aliphatic rings. The highest BCUT2D eigenvalue weighted by Gasteiger charge is 2.32. The van der Waals surface area contributed by atoms with Crippen LogP contribution in [-0.4, -0.2) is 60.9 Å². The minimum absolute atomic E-state index is 0.281. The summed E-state index contributed by atoms with van der Waals surface area (Å²) in [6.07, 6.45) is 0.515. The number of nitrogens with zero attached hydrogens (tertiary/aromatic N) is 2. The van der Waals surface area contributed by atoms with E-state index in [9.17, 15) is 13.2 Å². The molecule has 0 radical (unpaired) electrons. The molecule has 1 unspecified atom stereocenters.